The summed E-state index contributed by atoms with van der Waals surface area (Å²) >= 11 is 0. The van der Waals surface area contributed by atoms with Crippen molar-refractivity contribution >= 4 is 5.78 Å². The van der Waals surface area contributed by atoms with Crippen LogP contribution in [0.5, 0.6) is 11.5 Å². The first-order valence-corrected chi connectivity index (χ1v) is 8.12. The Kier molecular flexibility index (Phi) is 5.12. The molecule has 0 aliphatic heterocycles. The van der Waals surface area contributed by atoms with Crippen molar-refractivity contribution in [1.82, 2.24) is 10.2 Å². The summed E-state index contributed by atoms with van der Waals surface area (Å²) in [7, 11) is 1.58. The lowest BCUT2D eigenvalue weighted by Gasteiger charge is -2.05. The van der Waals surface area contributed by atoms with Gasteiger partial charge in [0.25, 0.3) is 5.56 Å². The summed E-state index contributed by atoms with van der Waals surface area (Å²) in [5.41, 5.74) is 1.79. The van der Waals surface area contributed by atoms with E-state index in [2.05, 4.69) is 10.2 Å². The van der Waals surface area contributed by atoms with Gasteiger partial charge < -0.3 is 9.84 Å². The SMILES string of the molecule is COc1ccc(-c2cc(C(=O)CCc3ccc(O)cc3)c(=O)[nH]n2)cc1. The third kappa shape index (κ3) is 3.97. The molecule has 0 bridgehead atoms. The largest absolute Gasteiger partial charge is 0.508 e. The number of ketones is 1. The maximum atomic E-state index is 12.5. The van der Waals surface area contributed by atoms with Gasteiger partial charge in [0, 0.05) is 12.0 Å². The highest BCUT2D eigenvalue weighted by Crippen LogP contribution is 2.20. The van der Waals surface area contributed by atoms with Crippen molar-refractivity contribution in [2.75, 3.05) is 7.11 Å². The van der Waals surface area contributed by atoms with Gasteiger partial charge in [-0.05, 0) is 54.4 Å². The van der Waals surface area contributed by atoms with Gasteiger partial charge in [0.2, 0.25) is 0 Å². The molecule has 0 aliphatic rings. The van der Waals surface area contributed by atoms with Crippen LogP contribution in [-0.4, -0.2) is 28.2 Å². The molecule has 2 N–H and O–H groups in total. The number of benzene rings is 2. The Morgan fingerprint density at radius 3 is 2.46 bits per heavy atom. The zero-order chi connectivity index (χ0) is 18.5. The molecule has 1 aromatic heterocycles. The van der Waals surface area contributed by atoms with Gasteiger partial charge in [-0.1, -0.05) is 12.1 Å². The normalized spacial score (nSPS) is 10.5. The number of phenols is 1. The molecule has 0 spiro atoms. The monoisotopic (exact) mass is 350 g/mol. The lowest BCUT2D eigenvalue weighted by molar-refractivity contribution is 0.0981. The van der Waals surface area contributed by atoms with E-state index in [0.717, 1.165) is 11.1 Å². The number of Topliss-reactive ketones (excluding diaryl/α,β-unsaturated/α-hetero) is 1. The Morgan fingerprint density at radius 1 is 1.12 bits per heavy atom. The molecule has 26 heavy (non-hydrogen) atoms. The number of hydrogen-bond acceptors (Lipinski definition) is 5. The van der Waals surface area contributed by atoms with Gasteiger partial charge in [0.05, 0.1) is 18.4 Å². The number of aryl methyl sites for hydroxylation is 1. The predicted molar refractivity (Wildman–Crippen MR) is 97.6 cm³/mol. The quantitative estimate of drug-likeness (QED) is 0.667. The standard InChI is InChI=1S/C20H18N2O4/c1-26-16-9-5-14(6-10-16)18-12-17(20(25)22-21-18)19(24)11-4-13-2-7-15(23)8-3-13/h2-3,5-10,12,23H,4,11H2,1H3,(H,22,25). The molecular formula is C20H18N2O4. The maximum Gasteiger partial charge on any atom is 0.275 e. The van der Waals surface area contributed by atoms with Crippen molar-refractivity contribution < 1.29 is 14.6 Å². The Labute approximate surface area is 150 Å². The Balaban J connectivity index is 1.78. The molecule has 0 saturated heterocycles. The molecular weight excluding hydrogens is 332 g/mol. The van der Waals surface area contributed by atoms with E-state index in [9.17, 15) is 14.7 Å². The molecule has 6 nitrogen and oxygen atoms in total. The van der Waals surface area contributed by atoms with Crippen LogP contribution >= 0.6 is 0 Å². The molecule has 0 aliphatic carbocycles. The maximum absolute atomic E-state index is 12.5. The highest BCUT2D eigenvalue weighted by Gasteiger charge is 2.13. The van der Waals surface area contributed by atoms with Crippen molar-refractivity contribution in [2.45, 2.75) is 12.8 Å². The van der Waals surface area contributed by atoms with E-state index in [0.29, 0.717) is 17.9 Å². The van der Waals surface area contributed by atoms with E-state index < -0.39 is 5.56 Å². The second-order valence-electron chi connectivity index (χ2n) is 5.81. The number of ether oxygens (including phenoxy) is 1. The number of carbonyl (C=O) groups is 1. The average Bonchev–Trinajstić information content (AvgIpc) is 2.68. The number of aromatic nitrogens is 2. The first kappa shape index (κ1) is 17.4. The zero-order valence-electron chi connectivity index (χ0n) is 14.2. The summed E-state index contributed by atoms with van der Waals surface area (Å²) in [6, 6.07) is 15.4. The first-order valence-electron chi connectivity index (χ1n) is 8.12. The molecule has 1 heterocycles. The van der Waals surface area contributed by atoms with Gasteiger partial charge in [-0.25, -0.2) is 5.10 Å². The first-order chi connectivity index (χ1) is 12.6. The molecule has 0 fully saturated rings. The van der Waals surface area contributed by atoms with Gasteiger partial charge in [0.15, 0.2) is 5.78 Å². The Hall–Kier alpha value is -3.41. The van der Waals surface area contributed by atoms with Crippen LogP contribution < -0.4 is 10.3 Å². The van der Waals surface area contributed by atoms with Crippen LogP contribution in [0.3, 0.4) is 0 Å². The minimum absolute atomic E-state index is 0.0876. The van der Waals surface area contributed by atoms with E-state index in [-0.39, 0.29) is 23.5 Å². The molecule has 3 rings (SSSR count). The summed E-state index contributed by atoms with van der Waals surface area (Å²) in [6.45, 7) is 0. The van der Waals surface area contributed by atoms with Crippen LogP contribution in [0.2, 0.25) is 0 Å². The minimum Gasteiger partial charge on any atom is -0.508 e. The number of nitrogens with one attached hydrogen (secondary N) is 1. The highest BCUT2D eigenvalue weighted by molar-refractivity contribution is 5.96. The second-order valence-corrected chi connectivity index (χ2v) is 5.81. The van der Waals surface area contributed by atoms with Crippen molar-refractivity contribution in [1.29, 1.82) is 0 Å². The summed E-state index contributed by atoms with van der Waals surface area (Å²) < 4.78 is 5.12. The lowest BCUT2D eigenvalue weighted by atomic mass is 10.0. The number of phenolic OH excluding ortho intramolecular Hbond substituents is 1. The lowest BCUT2D eigenvalue weighted by Crippen LogP contribution is -2.19. The fourth-order valence-electron chi connectivity index (χ4n) is 2.58. The van der Waals surface area contributed by atoms with Crippen LogP contribution in [0.1, 0.15) is 22.3 Å². The van der Waals surface area contributed by atoms with Gasteiger partial charge in [-0.15, -0.1) is 0 Å². The van der Waals surface area contributed by atoms with E-state index in [1.165, 1.54) is 6.07 Å². The molecule has 0 radical (unpaired) electrons. The molecule has 0 unspecified atom stereocenters. The molecule has 6 heteroatoms. The van der Waals surface area contributed by atoms with Crippen LogP contribution in [0.15, 0.2) is 59.4 Å². The van der Waals surface area contributed by atoms with Crippen LogP contribution in [0.25, 0.3) is 11.3 Å². The van der Waals surface area contributed by atoms with Crippen LogP contribution in [0.4, 0.5) is 0 Å². The molecule has 3 aromatic rings. The molecule has 2 aromatic carbocycles. The van der Waals surface area contributed by atoms with Gasteiger partial charge >= 0.3 is 0 Å². The fraction of sp³-hybridized carbons (Fsp3) is 0.150. The summed E-state index contributed by atoms with van der Waals surface area (Å²) in [4.78, 5) is 24.5. The number of nitrogens with zero attached hydrogens (tertiary/aromatic N) is 1. The third-order valence-electron chi connectivity index (χ3n) is 4.07. The van der Waals surface area contributed by atoms with Gasteiger partial charge in [0.1, 0.15) is 11.5 Å². The van der Waals surface area contributed by atoms with E-state index in [4.69, 9.17) is 4.74 Å². The molecule has 132 valence electrons. The number of methoxy groups -OCH3 is 1. The van der Waals surface area contributed by atoms with E-state index >= 15 is 0 Å². The number of rotatable bonds is 6. The number of carbonyl (C=O) groups excluding carboxylic acids is 1. The number of H-pyrrole nitrogens is 1. The number of aromatic hydroxyl groups is 1. The predicted octanol–water partition coefficient (Wildman–Crippen LogP) is 2.97. The van der Waals surface area contributed by atoms with Gasteiger partial charge in [-0.2, -0.15) is 5.10 Å². The van der Waals surface area contributed by atoms with Crippen molar-refractivity contribution in [2.24, 2.45) is 0 Å². The Bertz CT molecular complexity index is 960. The summed E-state index contributed by atoms with van der Waals surface area (Å²) in [5, 5.41) is 15.7. The average molecular weight is 350 g/mol. The number of aromatic amines is 1. The summed E-state index contributed by atoms with van der Waals surface area (Å²) in [5.74, 6) is 0.634. The molecule has 0 amide bonds. The third-order valence-corrected chi connectivity index (χ3v) is 4.07. The van der Waals surface area contributed by atoms with Crippen molar-refractivity contribution in [3.05, 3.63) is 76.1 Å². The van der Waals surface area contributed by atoms with Crippen molar-refractivity contribution in [3.8, 4) is 22.8 Å². The Morgan fingerprint density at radius 2 is 1.81 bits per heavy atom. The van der Waals surface area contributed by atoms with Crippen molar-refractivity contribution in [3.63, 3.8) is 0 Å². The highest BCUT2D eigenvalue weighted by atomic mass is 16.5. The smallest absolute Gasteiger partial charge is 0.275 e. The molecule has 0 saturated carbocycles. The summed E-state index contributed by atoms with van der Waals surface area (Å²) in [6.07, 6.45) is 0.679. The van der Waals surface area contributed by atoms with Gasteiger partial charge in [-0.3, -0.25) is 9.59 Å². The molecule has 0 atom stereocenters. The zero-order valence-corrected chi connectivity index (χ0v) is 14.2. The van der Waals surface area contributed by atoms with Crippen LogP contribution in [0, 0.1) is 0 Å². The minimum atomic E-state index is -0.502. The second kappa shape index (κ2) is 7.65. The van der Waals surface area contributed by atoms with E-state index in [1.807, 2.05) is 12.1 Å². The topological polar surface area (TPSA) is 92.3 Å². The fourth-order valence-corrected chi connectivity index (χ4v) is 2.58. The van der Waals surface area contributed by atoms with E-state index in [1.54, 1.807) is 43.5 Å². The van der Waals surface area contributed by atoms with Crippen LogP contribution in [-0.2, 0) is 6.42 Å². The number of hydrogen-bond donors (Lipinski definition) is 2.